The van der Waals surface area contributed by atoms with Gasteiger partial charge < -0.3 is 0 Å². The molecular weight excluding hydrogens is 793 g/mol. The summed E-state index contributed by atoms with van der Waals surface area (Å²) in [6, 6.07) is 1.53. The molecule has 2 aliphatic rings. The van der Waals surface area contributed by atoms with E-state index >= 15 is 0 Å². The van der Waals surface area contributed by atoms with Gasteiger partial charge in [-0.1, -0.05) is 108 Å². The summed E-state index contributed by atoms with van der Waals surface area (Å²) in [7, 11) is 0. The van der Waals surface area contributed by atoms with Crippen molar-refractivity contribution >= 4 is 0 Å². The number of rotatable bonds is 18. The smallest absolute Gasteiger partial charge is 0.194 e. The van der Waals surface area contributed by atoms with E-state index in [1.54, 1.807) is 0 Å². The fraction of sp³-hybridized carbons (Fsp3) is 0.833. The van der Waals surface area contributed by atoms with Gasteiger partial charge in [0.1, 0.15) is 0 Å². The van der Waals surface area contributed by atoms with E-state index in [1.807, 2.05) is 0 Å². The third kappa shape index (κ3) is 8.69. The number of alkyl halides is 19. The lowest BCUT2D eigenvalue weighted by molar-refractivity contribution is -0.469. The molecule has 2 saturated carbocycles. The zero-order chi connectivity index (χ0) is 42.1. The molecule has 0 aliphatic heterocycles. The van der Waals surface area contributed by atoms with Crippen molar-refractivity contribution in [1.29, 1.82) is 0 Å². The molecule has 0 saturated heterocycles. The van der Waals surface area contributed by atoms with Crippen molar-refractivity contribution in [3.63, 3.8) is 0 Å². The van der Waals surface area contributed by atoms with E-state index in [2.05, 4.69) is 6.92 Å². The Morgan fingerprint density at radius 1 is 0.400 bits per heavy atom. The van der Waals surface area contributed by atoms with Gasteiger partial charge in [0, 0.05) is 5.56 Å². The maximum Gasteiger partial charge on any atom is 0.460 e. The molecule has 3 rings (SSSR count). The molecule has 1 aromatic rings. The predicted molar refractivity (Wildman–Crippen MR) is 164 cm³/mol. The van der Waals surface area contributed by atoms with E-state index in [-0.39, 0.29) is 23.6 Å². The van der Waals surface area contributed by atoms with E-state index in [4.69, 9.17) is 0 Å². The Labute approximate surface area is 306 Å². The zero-order valence-corrected chi connectivity index (χ0v) is 29.6. The number of hydrogen-bond acceptors (Lipinski definition) is 0. The zero-order valence-electron chi connectivity index (χ0n) is 29.6. The van der Waals surface area contributed by atoms with Crippen LogP contribution in [-0.2, 0) is 5.92 Å². The van der Waals surface area contributed by atoms with Crippen LogP contribution < -0.4 is 0 Å². The minimum atomic E-state index is -8.92. The number of hydrogen-bond donors (Lipinski definition) is 0. The summed E-state index contributed by atoms with van der Waals surface area (Å²) in [5.41, 5.74) is -2.04. The molecule has 2 aliphatic carbocycles. The van der Waals surface area contributed by atoms with Crippen molar-refractivity contribution in [2.45, 2.75) is 169 Å². The standard InChI is InChI=1S/C36H43F19/c1-2-3-4-5-6-7-22-8-10-23(11-9-22)12-13-24-14-16-25(17-15-24)26-18-20-27(21-19-26)28(37,38)29(39,40)30(41,42)31(43,44)32(45,46)33(47,48)34(49,50)35(51,52)36(53,54)55/h18-25H,2-17H2,1H3/t22-,23-,24-,25-. The van der Waals surface area contributed by atoms with E-state index in [1.165, 1.54) is 51.4 Å². The monoisotopic (exact) mass is 836 g/mol. The van der Waals surface area contributed by atoms with E-state index in [0.717, 1.165) is 43.7 Å². The van der Waals surface area contributed by atoms with Gasteiger partial charge in [-0.3, -0.25) is 0 Å². The molecule has 320 valence electrons. The summed E-state index contributed by atoms with van der Waals surface area (Å²) in [5, 5.41) is 0. The topological polar surface area (TPSA) is 0 Å². The summed E-state index contributed by atoms with van der Waals surface area (Å²) in [4.78, 5) is 0. The Balaban J connectivity index is 1.65. The molecule has 0 amide bonds. The molecule has 19 heteroatoms. The second-order valence-corrected chi connectivity index (χ2v) is 15.1. The highest BCUT2D eigenvalue weighted by molar-refractivity contribution is 5.31. The molecule has 0 bridgehead atoms. The van der Waals surface area contributed by atoms with Crippen molar-refractivity contribution in [3.05, 3.63) is 35.4 Å². The minimum Gasteiger partial charge on any atom is -0.194 e. The average molecular weight is 837 g/mol. The Morgan fingerprint density at radius 2 is 0.745 bits per heavy atom. The highest BCUT2D eigenvalue weighted by Crippen LogP contribution is 2.66. The average Bonchev–Trinajstić information content (AvgIpc) is 3.10. The van der Waals surface area contributed by atoms with Gasteiger partial charge in [0.2, 0.25) is 0 Å². The lowest BCUT2D eigenvalue weighted by Crippen LogP contribution is -2.75. The summed E-state index contributed by atoms with van der Waals surface area (Å²) in [6.07, 6.45) is 8.60. The molecular formula is C36H43F19. The molecule has 0 atom stereocenters. The Morgan fingerprint density at radius 3 is 1.15 bits per heavy atom. The summed E-state index contributed by atoms with van der Waals surface area (Å²) in [5.74, 6) is -65.3. The van der Waals surface area contributed by atoms with Gasteiger partial charge in [0.05, 0.1) is 0 Å². The molecule has 0 heterocycles. The van der Waals surface area contributed by atoms with Crippen LogP contribution in [0.15, 0.2) is 24.3 Å². The number of unbranched alkanes of at least 4 members (excludes halogenated alkanes) is 4. The van der Waals surface area contributed by atoms with Gasteiger partial charge in [-0.05, 0) is 54.9 Å². The molecule has 55 heavy (non-hydrogen) atoms. The van der Waals surface area contributed by atoms with Crippen molar-refractivity contribution in [2.75, 3.05) is 0 Å². The van der Waals surface area contributed by atoms with Gasteiger partial charge in [0.25, 0.3) is 0 Å². The van der Waals surface area contributed by atoms with Crippen LogP contribution in [0.1, 0.15) is 127 Å². The fourth-order valence-electron chi connectivity index (χ4n) is 7.61. The third-order valence-corrected chi connectivity index (χ3v) is 11.4. The third-order valence-electron chi connectivity index (χ3n) is 11.4. The highest BCUT2D eigenvalue weighted by atomic mass is 19.4. The van der Waals surface area contributed by atoms with Crippen molar-refractivity contribution in [1.82, 2.24) is 0 Å². The quantitative estimate of drug-likeness (QED) is 0.102. The molecule has 0 unspecified atom stereocenters. The van der Waals surface area contributed by atoms with Crippen LogP contribution in [0.3, 0.4) is 0 Å². The lowest BCUT2D eigenvalue weighted by Gasteiger charge is -2.43. The van der Waals surface area contributed by atoms with Crippen LogP contribution >= 0.6 is 0 Å². The van der Waals surface area contributed by atoms with Gasteiger partial charge in [-0.15, -0.1) is 0 Å². The summed E-state index contributed by atoms with van der Waals surface area (Å²) in [6.45, 7) is 2.17. The second kappa shape index (κ2) is 16.6. The Kier molecular flexibility index (Phi) is 14.3. The van der Waals surface area contributed by atoms with Crippen LogP contribution in [-0.4, -0.2) is 47.6 Å². The van der Waals surface area contributed by atoms with E-state index < -0.39 is 59.1 Å². The molecule has 0 nitrogen and oxygen atoms in total. The van der Waals surface area contributed by atoms with Gasteiger partial charge in [0.15, 0.2) is 0 Å². The first-order valence-corrected chi connectivity index (χ1v) is 18.1. The summed E-state index contributed by atoms with van der Waals surface area (Å²) < 4.78 is 261. The summed E-state index contributed by atoms with van der Waals surface area (Å²) >= 11 is 0. The minimum absolute atomic E-state index is 0.0376. The van der Waals surface area contributed by atoms with Crippen molar-refractivity contribution < 1.29 is 83.4 Å². The molecule has 0 spiro atoms. The second-order valence-electron chi connectivity index (χ2n) is 15.1. The van der Waals surface area contributed by atoms with Crippen LogP contribution in [0.2, 0.25) is 0 Å². The van der Waals surface area contributed by atoms with Gasteiger partial charge in [-0.25, -0.2) is 0 Å². The normalized spacial score (nSPS) is 23.3. The Hall–Kier alpha value is -2.11. The van der Waals surface area contributed by atoms with E-state index in [0.29, 0.717) is 37.5 Å². The molecule has 0 N–H and O–H groups in total. The Bertz CT molecular complexity index is 1350. The van der Waals surface area contributed by atoms with Gasteiger partial charge >= 0.3 is 53.6 Å². The molecule has 1 aromatic carbocycles. The van der Waals surface area contributed by atoms with Crippen LogP contribution in [0.4, 0.5) is 83.4 Å². The number of benzene rings is 1. The molecule has 0 radical (unpaired) electrons. The first-order valence-electron chi connectivity index (χ1n) is 18.1. The van der Waals surface area contributed by atoms with Crippen LogP contribution in [0.25, 0.3) is 0 Å². The first-order chi connectivity index (χ1) is 25.0. The lowest BCUT2D eigenvalue weighted by atomic mass is 9.74. The maximum atomic E-state index is 14.8. The molecule has 2 fully saturated rings. The van der Waals surface area contributed by atoms with Crippen molar-refractivity contribution in [3.8, 4) is 0 Å². The largest absolute Gasteiger partial charge is 0.460 e. The maximum absolute atomic E-state index is 14.8. The predicted octanol–water partition coefficient (Wildman–Crippen LogP) is 15.0. The van der Waals surface area contributed by atoms with E-state index in [9.17, 15) is 83.4 Å². The molecule has 0 aromatic heterocycles. The fourth-order valence-corrected chi connectivity index (χ4v) is 7.61. The first kappa shape index (κ1) is 47.3. The van der Waals surface area contributed by atoms with Crippen LogP contribution in [0, 0.1) is 17.8 Å². The highest BCUT2D eigenvalue weighted by Gasteiger charge is 2.96. The van der Waals surface area contributed by atoms with Crippen molar-refractivity contribution in [2.24, 2.45) is 17.8 Å². The van der Waals surface area contributed by atoms with Gasteiger partial charge in [-0.2, -0.15) is 83.4 Å². The number of halogens is 19. The van der Waals surface area contributed by atoms with Crippen LogP contribution in [0.5, 0.6) is 0 Å². The SMILES string of the molecule is CCCCCCC[C@H]1CC[C@H](CC[C@H]2CC[C@H](c3ccc(C(F)(F)C(F)(F)C(F)(F)C(F)(F)C(F)(F)C(F)(F)C(F)(F)C(F)(F)C(F)(F)F)cc3)CC2)CC1.